The topological polar surface area (TPSA) is 68.0 Å². The molecule has 24 heavy (non-hydrogen) atoms. The van der Waals surface area contributed by atoms with E-state index in [0.29, 0.717) is 23.7 Å². The Hall–Kier alpha value is -1.88. The highest BCUT2D eigenvalue weighted by Crippen LogP contribution is 2.55. The molecule has 0 saturated heterocycles. The van der Waals surface area contributed by atoms with Crippen LogP contribution in [0.25, 0.3) is 0 Å². The molecule has 0 spiro atoms. The van der Waals surface area contributed by atoms with Crippen molar-refractivity contribution in [2.24, 2.45) is 0 Å². The lowest BCUT2D eigenvalue weighted by Gasteiger charge is -2.10. The van der Waals surface area contributed by atoms with Gasteiger partial charge >= 0.3 is 0 Å². The van der Waals surface area contributed by atoms with Gasteiger partial charge in [-0.1, -0.05) is 47.8 Å². The van der Waals surface area contributed by atoms with Crippen LogP contribution in [0.5, 0.6) is 0 Å². The molecule has 2 aliphatic rings. The average Bonchev–Trinajstić information content (AvgIpc) is 2.94. The number of nitrogens with zero attached hydrogens (tertiary/aromatic N) is 2. The van der Waals surface area contributed by atoms with Gasteiger partial charge in [0, 0.05) is 17.0 Å². The summed E-state index contributed by atoms with van der Waals surface area (Å²) in [7, 11) is 0. The van der Waals surface area contributed by atoms with Crippen LogP contribution in [0.1, 0.15) is 61.2 Å². The Morgan fingerprint density at radius 1 is 1.25 bits per heavy atom. The molecule has 1 aromatic heterocycles. The van der Waals surface area contributed by atoms with Gasteiger partial charge in [0.05, 0.1) is 6.42 Å². The van der Waals surface area contributed by atoms with Gasteiger partial charge in [0.1, 0.15) is 0 Å². The number of aromatic nitrogens is 2. The summed E-state index contributed by atoms with van der Waals surface area (Å²) in [5.74, 6) is 1.60. The number of carbonyl (C=O) groups excluding carboxylic acids is 1. The third-order valence-electron chi connectivity index (χ3n) is 4.94. The summed E-state index contributed by atoms with van der Waals surface area (Å²) in [4.78, 5) is 16.5. The van der Waals surface area contributed by atoms with E-state index in [-0.39, 0.29) is 18.2 Å². The molecule has 1 N–H and O–H groups in total. The van der Waals surface area contributed by atoms with Crippen LogP contribution in [0.2, 0.25) is 5.02 Å². The van der Waals surface area contributed by atoms with Gasteiger partial charge in [-0.25, -0.2) is 0 Å². The molecule has 2 aromatic rings. The Labute approximate surface area is 145 Å². The second kappa shape index (κ2) is 6.55. The Balaban J connectivity index is 1.36. The van der Waals surface area contributed by atoms with Crippen LogP contribution in [-0.2, 0) is 11.2 Å². The third kappa shape index (κ3) is 3.31. The summed E-state index contributed by atoms with van der Waals surface area (Å²) >= 11 is 6.25. The zero-order valence-electron chi connectivity index (χ0n) is 13.4. The average molecular weight is 346 g/mol. The second-order valence-corrected chi connectivity index (χ2v) is 7.15. The molecule has 5 nitrogen and oxygen atoms in total. The van der Waals surface area contributed by atoms with E-state index in [4.69, 9.17) is 16.1 Å². The first-order valence-electron chi connectivity index (χ1n) is 8.57. The highest BCUT2D eigenvalue weighted by Gasteiger charge is 2.44. The first-order valence-corrected chi connectivity index (χ1v) is 8.95. The fourth-order valence-corrected chi connectivity index (χ4v) is 3.85. The van der Waals surface area contributed by atoms with Crippen molar-refractivity contribution < 1.29 is 9.32 Å². The van der Waals surface area contributed by atoms with E-state index in [2.05, 4.69) is 15.5 Å². The molecule has 1 aromatic carbocycles. The van der Waals surface area contributed by atoms with E-state index in [1.807, 2.05) is 24.3 Å². The summed E-state index contributed by atoms with van der Waals surface area (Å²) in [6, 6.07) is 8.18. The number of hydrogen-bond acceptors (Lipinski definition) is 4. The molecule has 0 unspecified atom stereocenters. The van der Waals surface area contributed by atoms with Crippen LogP contribution >= 0.6 is 11.6 Å². The predicted molar refractivity (Wildman–Crippen MR) is 90.0 cm³/mol. The molecule has 0 bridgehead atoms. The zero-order valence-corrected chi connectivity index (χ0v) is 14.1. The number of carbonyl (C=O) groups is 1. The van der Waals surface area contributed by atoms with Gasteiger partial charge in [-0.2, -0.15) is 4.98 Å². The Bertz CT molecular complexity index is 739. The van der Waals surface area contributed by atoms with Crippen LogP contribution in [0, 0.1) is 0 Å². The highest BCUT2D eigenvalue weighted by atomic mass is 35.5. The fourth-order valence-electron chi connectivity index (χ4n) is 3.57. The summed E-state index contributed by atoms with van der Waals surface area (Å²) in [6.45, 7) is 0. The summed E-state index contributed by atoms with van der Waals surface area (Å²) in [5, 5.41) is 7.79. The molecule has 126 valence electrons. The minimum Gasteiger partial charge on any atom is -0.353 e. The first-order chi connectivity index (χ1) is 11.7. The standard InChI is InChI=1S/C18H20ClN3O2/c19-15-8-4-3-7-12(15)13-9-14(13)18-21-16(22-24-18)10-17(23)20-11-5-1-2-6-11/h3-4,7-8,11,13-14H,1-2,5-6,9-10H2,(H,20,23)/t13-,14+/m0/s1. The molecule has 4 rings (SSSR count). The Kier molecular flexibility index (Phi) is 4.27. The van der Waals surface area contributed by atoms with Crippen molar-refractivity contribution in [3.63, 3.8) is 0 Å². The van der Waals surface area contributed by atoms with Crippen molar-refractivity contribution in [1.29, 1.82) is 0 Å². The lowest BCUT2D eigenvalue weighted by molar-refractivity contribution is -0.121. The molecule has 6 heteroatoms. The summed E-state index contributed by atoms with van der Waals surface area (Å²) < 4.78 is 5.37. The van der Waals surface area contributed by atoms with Crippen molar-refractivity contribution in [2.45, 2.75) is 56.4 Å². The lowest BCUT2D eigenvalue weighted by Crippen LogP contribution is -2.33. The van der Waals surface area contributed by atoms with Crippen molar-refractivity contribution in [2.75, 3.05) is 0 Å². The van der Waals surface area contributed by atoms with Crippen LogP contribution in [0.4, 0.5) is 0 Å². The van der Waals surface area contributed by atoms with Crippen molar-refractivity contribution in [3.8, 4) is 0 Å². The van der Waals surface area contributed by atoms with Crippen molar-refractivity contribution in [1.82, 2.24) is 15.5 Å². The maximum Gasteiger partial charge on any atom is 0.230 e. The van der Waals surface area contributed by atoms with Crippen LogP contribution in [0.15, 0.2) is 28.8 Å². The molecule has 0 aliphatic heterocycles. The number of benzene rings is 1. The van der Waals surface area contributed by atoms with E-state index < -0.39 is 0 Å². The second-order valence-electron chi connectivity index (χ2n) is 6.74. The smallest absolute Gasteiger partial charge is 0.230 e. The van der Waals surface area contributed by atoms with E-state index >= 15 is 0 Å². The van der Waals surface area contributed by atoms with Gasteiger partial charge in [-0.05, 0) is 36.8 Å². The maximum absolute atomic E-state index is 12.0. The number of amides is 1. The van der Waals surface area contributed by atoms with E-state index in [1.165, 1.54) is 12.8 Å². The van der Waals surface area contributed by atoms with Gasteiger partial charge in [0.15, 0.2) is 5.82 Å². The molecular weight excluding hydrogens is 326 g/mol. The maximum atomic E-state index is 12.0. The van der Waals surface area contributed by atoms with Crippen molar-refractivity contribution in [3.05, 3.63) is 46.6 Å². The van der Waals surface area contributed by atoms with Crippen LogP contribution in [0.3, 0.4) is 0 Å². The van der Waals surface area contributed by atoms with Gasteiger partial charge < -0.3 is 9.84 Å². The van der Waals surface area contributed by atoms with Gasteiger partial charge in [0.2, 0.25) is 11.8 Å². The normalized spacial score (nSPS) is 23.4. The Morgan fingerprint density at radius 3 is 2.83 bits per heavy atom. The number of halogens is 1. The molecule has 1 heterocycles. The molecule has 2 fully saturated rings. The Morgan fingerprint density at radius 2 is 2.04 bits per heavy atom. The largest absolute Gasteiger partial charge is 0.353 e. The van der Waals surface area contributed by atoms with Crippen molar-refractivity contribution >= 4 is 17.5 Å². The van der Waals surface area contributed by atoms with E-state index in [1.54, 1.807) is 0 Å². The zero-order chi connectivity index (χ0) is 16.5. The first kappa shape index (κ1) is 15.6. The van der Waals surface area contributed by atoms with E-state index in [9.17, 15) is 4.79 Å². The monoisotopic (exact) mass is 345 g/mol. The van der Waals surface area contributed by atoms with Gasteiger partial charge in [0.25, 0.3) is 0 Å². The quantitative estimate of drug-likeness (QED) is 0.899. The molecule has 2 saturated carbocycles. The minimum atomic E-state index is -0.0206. The van der Waals surface area contributed by atoms with Crippen LogP contribution < -0.4 is 5.32 Å². The highest BCUT2D eigenvalue weighted by molar-refractivity contribution is 6.31. The predicted octanol–water partition coefficient (Wildman–Crippen LogP) is 3.60. The summed E-state index contributed by atoms with van der Waals surface area (Å²) in [6.07, 6.45) is 5.68. The number of rotatable bonds is 5. The minimum absolute atomic E-state index is 0.0206. The van der Waals surface area contributed by atoms with Gasteiger partial charge in [-0.3, -0.25) is 4.79 Å². The van der Waals surface area contributed by atoms with Crippen LogP contribution in [-0.4, -0.2) is 22.1 Å². The summed E-state index contributed by atoms with van der Waals surface area (Å²) in [5.41, 5.74) is 1.13. The van der Waals surface area contributed by atoms with E-state index in [0.717, 1.165) is 29.8 Å². The third-order valence-corrected chi connectivity index (χ3v) is 5.28. The van der Waals surface area contributed by atoms with Gasteiger partial charge in [-0.15, -0.1) is 0 Å². The number of nitrogens with one attached hydrogen (secondary N) is 1. The molecular formula is C18H20ClN3O2. The molecule has 2 aliphatic carbocycles. The lowest BCUT2D eigenvalue weighted by atomic mass is 10.1. The molecule has 2 atom stereocenters. The molecule has 0 radical (unpaired) electrons. The number of hydrogen-bond donors (Lipinski definition) is 1. The fraction of sp³-hybridized carbons (Fsp3) is 0.500. The SMILES string of the molecule is O=C(Cc1noc([C@@H]2C[C@H]2c2ccccc2Cl)n1)NC1CCCC1. The molecule has 1 amide bonds.